The quantitative estimate of drug-likeness (QED) is 0.528. The van der Waals surface area contributed by atoms with E-state index in [-0.39, 0.29) is 0 Å². The van der Waals surface area contributed by atoms with Crippen LogP contribution in [0.3, 0.4) is 0 Å². The minimum absolute atomic E-state index is 1.000. The van der Waals surface area contributed by atoms with E-state index in [4.69, 9.17) is 0 Å². The Morgan fingerprint density at radius 1 is 0.737 bits per heavy atom. The fraction of sp³-hybridized carbons (Fsp3) is 0. The average molecular weight is 244 g/mol. The maximum atomic E-state index is 4.58. The van der Waals surface area contributed by atoms with E-state index in [9.17, 15) is 0 Å². The second kappa shape index (κ2) is 3.95. The molecule has 2 aromatic carbocycles. The number of nitrogens with zero attached hydrogens (tertiary/aromatic N) is 1. The summed E-state index contributed by atoms with van der Waals surface area (Å²) in [4.78, 5) is 8.03. The molecule has 90 valence electrons. The Bertz CT molecular complexity index is 860. The molecular formula is C17H12N2. The van der Waals surface area contributed by atoms with Crippen molar-refractivity contribution in [3.05, 3.63) is 66.9 Å². The highest BCUT2D eigenvalue weighted by Gasteiger charge is 2.06. The first-order valence-electron chi connectivity index (χ1n) is 6.34. The molecule has 0 spiro atoms. The number of rotatable bonds is 1. The molecule has 0 aliphatic rings. The third-order valence-electron chi connectivity index (χ3n) is 3.46. The maximum absolute atomic E-state index is 4.58. The molecule has 2 heteroatoms. The van der Waals surface area contributed by atoms with Crippen LogP contribution >= 0.6 is 0 Å². The Kier molecular flexibility index (Phi) is 2.15. The molecule has 19 heavy (non-hydrogen) atoms. The van der Waals surface area contributed by atoms with Crippen LogP contribution in [0.5, 0.6) is 0 Å². The summed E-state index contributed by atoms with van der Waals surface area (Å²) in [5.41, 5.74) is 4.43. The molecule has 1 N–H and O–H groups in total. The highest BCUT2D eigenvalue weighted by Crippen LogP contribution is 2.27. The van der Waals surface area contributed by atoms with Crippen LogP contribution in [0.15, 0.2) is 66.9 Å². The first-order valence-corrected chi connectivity index (χ1v) is 6.34. The number of hydrogen-bond donors (Lipinski definition) is 1. The van der Waals surface area contributed by atoms with Gasteiger partial charge in [0.15, 0.2) is 0 Å². The van der Waals surface area contributed by atoms with Crippen LogP contribution in [0, 0.1) is 0 Å². The Morgan fingerprint density at radius 2 is 1.53 bits per heavy atom. The minimum atomic E-state index is 1.000. The second-order valence-corrected chi connectivity index (χ2v) is 4.65. The molecule has 0 fully saturated rings. The van der Waals surface area contributed by atoms with Crippen LogP contribution in [0.25, 0.3) is 33.1 Å². The van der Waals surface area contributed by atoms with Crippen molar-refractivity contribution < 1.29 is 0 Å². The summed E-state index contributed by atoms with van der Waals surface area (Å²) in [6.07, 6.45) is 1.95. The molecule has 0 saturated carbocycles. The van der Waals surface area contributed by atoms with Gasteiger partial charge in [0.2, 0.25) is 0 Å². The SMILES string of the molecule is c1ccc(-c2cc3[nH]c4ccccc4c3cn2)cc1. The minimum Gasteiger partial charge on any atom is -0.354 e. The Hall–Kier alpha value is -2.61. The predicted octanol–water partition coefficient (Wildman–Crippen LogP) is 4.38. The van der Waals surface area contributed by atoms with Gasteiger partial charge in [-0.1, -0.05) is 48.5 Å². The highest BCUT2D eigenvalue weighted by molar-refractivity contribution is 6.07. The number of aromatic nitrogens is 2. The van der Waals surface area contributed by atoms with Crippen LogP contribution in [0.4, 0.5) is 0 Å². The summed E-state index contributed by atoms with van der Waals surface area (Å²) < 4.78 is 0. The van der Waals surface area contributed by atoms with E-state index in [2.05, 4.69) is 46.4 Å². The van der Waals surface area contributed by atoms with E-state index < -0.39 is 0 Å². The zero-order valence-electron chi connectivity index (χ0n) is 10.3. The molecule has 0 unspecified atom stereocenters. The summed E-state index contributed by atoms with van der Waals surface area (Å²) >= 11 is 0. The van der Waals surface area contributed by atoms with Gasteiger partial charge in [0.1, 0.15) is 0 Å². The van der Waals surface area contributed by atoms with Gasteiger partial charge in [0.25, 0.3) is 0 Å². The van der Waals surface area contributed by atoms with Crippen molar-refractivity contribution in [1.29, 1.82) is 0 Å². The first kappa shape index (κ1) is 10.3. The highest BCUT2D eigenvalue weighted by atomic mass is 14.7. The molecule has 4 aromatic rings. The Labute approximate surface area is 110 Å². The number of benzene rings is 2. The normalized spacial score (nSPS) is 11.2. The summed E-state index contributed by atoms with van der Waals surface area (Å²) in [7, 11) is 0. The Balaban J connectivity index is 1.99. The van der Waals surface area contributed by atoms with Gasteiger partial charge in [-0.3, -0.25) is 4.98 Å². The number of fused-ring (bicyclic) bond motifs is 3. The standard InChI is InChI=1S/C17H12N2/c1-2-6-12(7-3-1)16-10-17-14(11-18-16)13-8-4-5-9-15(13)19-17/h1-11,19H. The van der Waals surface area contributed by atoms with Crippen molar-refractivity contribution in [3.63, 3.8) is 0 Å². The molecule has 0 saturated heterocycles. The number of nitrogens with one attached hydrogen (secondary N) is 1. The van der Waals surface area contributed by atoms with Crippen molar-refractivity contribution in [2.75, 3.05) is 0 Å². The van der Waals surface area contributed by atoms with E-state index in [0.29, 0.717) is 0 Å². The smallest absolute Gasteiger partial charge is 0.0723 e. The van der Waals surface area contributed by atoms with E-state index in [1.165, 1.54) is 10.8 Å². The van der Waals surface area contributed by atoms with E-state index in [0.717, 1.165) is 22.3 Å². The number of pyridine rings is 1. The van der Waals surface area contributed by atoms with Crippen molar-refractivity contribution in [2.45, 2.75) is 0 Å². The molecule has 0 bridgehead atoms. The molecule has 2 heterocycles. The maximum Gasteiger partial charge on any atom is 0.0723 e. The van der Waals surface area contributed by atoms with Gasteiger partial charge < -0.3 is 4.98 Å². The zero-order chi connectivity index (χ0) is 12.7. The molecule has 0 amide bonds. The lowest BCUT2D eigenvalue weighted by Crippen LogP contribution is -1.82. The lowest BCUT2D eigenvalue weighted by molar-refractivity contribution is 1.35. The van der Waals surface area contributed by atoms with Gasteiger partial charge >= 0.3 is 0 Å². The monoisotopic (exact) mass is 244 g/mol. The van der Waals surface area contributed by atoms with Crippen molar-refractivity contribution >= 4 is 21.8 Å². The number of para-hydroxylation sites is 1. The lowest BCUT2D eigenvalue weighted by Gasteiger charge is -2.00. The molecule has 2 nitrogen and oxygen atoms in total. The summed E-state index contributed by atoms with van der Waals surface area (Å²) in [6.45, 7) is 0. The topological polar surface area (TPSA) is 28.7 Å². The van der Waals surface area contributed by atoms with Gasteiger partial charge in [0.05, 0.1) is 11.2 Å². The first-order chi connectivity index (χ1) is 9.42. The third kappa shape index (κ3) is 1.61. The number of hydrogen-bond acceptors (Lipinski definition) is 1. The molecule has 0 atom stereocenters. The summed E-state index contributed by atoms with van der Waals surface area (Å²) in [5, 5.41) is 2.40. The second-order valence-electron chi connectivity index (χ2n) is 4.65. The zero-order valence-corrected chi connectivity index (χ0v) is 10.3. The van der Waals surface area contributed by atoms with Crippen LogP contribution in [0.2, 0.25) is 0 Å². The van der Waals surface area contributed by atoms with E-state index in [1.54, 1.807) is 0 Å². The molecular weight excluding hydrogens is 232 g/mol. The summed E-state index contributed by atoms with van der Waals surface area (Å²) in [6, 6.07) is 20.7. The van der Waals surface area contributed by atoms with Gasteiger partial charge in [0, 0.05) is 28.0 Å². The van der Waals surface area contributed by atoms with Gasteiger partial charge in [-0.2, -0.15) is 0 Å². The molecule has 0 radical (unpaired) electrons. The molecule has 2 aromatic heterocycles. The van der Waals surface area contributed by atoms with Crippen LogP contribution in [-0.4, -0.2) is 9.97 Å². The van der Waals surface area contributed by atoms with Gasteiger partial charge in [-0.15, -0.1) is 0 Å². The fourth-order valence-corrected chi connectivity index (χ4v) is 2.51. The molecule has 0 aliphatic heterocycles. The van der Waals surface area contributed by atoms with Crippen LogP contribution < -0.4 is 0 Å². The fourth-order valence-electron chi connectivity index (χ4n) is 2.51. The lowest BCUT2D eigenvalue weighted by atomic mass is 10.1. The van der Waals surface area contributed by atoms with Gasteiger partial charge in [-0.05, 0) is 12.1 Å². The average Bonchev–Trinajstić information content (AvgIpc) is 2.86. The van der Waals surface area contributed by atoms with Crippen LogP contribution in [-0.2, 0) is 0 Å². The number of aromatic amines is 1. The Morgan fingerprint density at radius 3 is 2.42 bits per heavy atom. The summed E-state index contributed by atoms with van der Waals surface area (Å²) in [5.74, 6) is 0. The molecule has 0 aliphatic carbocycles. The van der Waals surface area contributed by atoms with Crippen LogP contribution in [0.1, 0.15) is 0 Å². The number of H-pyrrole nitrogens is 1. The van der Waals surface area contributed by atoms with E-state index in [1.807, 2.05) is 30.5 Å². The molecule has 4 rings (SSSR count). The van der Waals surface area contributed by atoms with Crippen molar-refractivity contribution in [3.8, 4) is 11.3 Å². The van der Waals surface area contributed by atoms with Crippen molar-refractivity contribution in [1.82, 2.24) is 9.97 Å². The predicted molar refractivity (Wildman–Crippen MR) is 79.0 cm³/mol. The van der Waals surface area contributed by atoms with E-state index >= 15 is 0 Å². The van der Waals surface area contributed by atoms with Crippen molar-refractivity contribution in [2.24, 2.45) is 0 Å². The van der Waals surface area contributed by atoms with Gasteiger partial charge in [-0.25, -0.2) is 0 Å². The largest absolute Gasteiger partial charge is 0.354 e. The third-order valence-corrected chi connectivity index (χ3v) is 3.46.